The zero-order valence-electron chi connectivity index (χ0n) is 25.2. The van der Waals surface area contributed by atoms with Gasteiger partial charge in [0.2, 0.25) is 0 Å². The summed E-state index contributed by atoms with van der Waals surface area (Å²) in [4.78, 5) is 42.8. The number of ether oxygens (including phenoxy) is 1. The first-order valence-electron chi connectivity index (χ1n) is 13.6. The Kier molecular flexibility index (Phi) is 15.1. The number of para-hydroxylation sites is 1. The first-order chi connectivity index (χ1) is 23.1. The molecular weight excluding hydrogens is 670 g/mol. The van der Waals surface area contributed by atoms with E-state index >= 15 is 0 Å². The number of phenols is 2. The molecule has 0 atom stereocenters. The van der Waals surface area contributed by atoms with Crippen molar-refractivity contribution in [3.63, 3.8) is 0 Å². The predicted octanol–water partition coefficient (Wildman–Crippen LogP) is 3.36. The van der Waals surface area contributed by atoms with Crippen molar-refractivity contribution >= 4 is 51.3 Å². The molecule has 0 aromatic heterocycles. The number of hydrogen-bond donors (Lipinski definition) is 9. The summed E-state index contributed by atoms with van der Waals surface area (Å²) >= 11 is 0. The molecule has 0 unspecified atom stereocenters. The van der Waals surface area contributed by atoms with Gasteiger partial charge in [-0.05, 0) is 84.9 Å². The van der Waals surface area contributed by atoms with Crippen LogP contribution < -0.4 is 24.9 Å². The minimum absolute atomic E-state index is 0.0240. The van der Waals surface area contributed by atoms with Gasteiger partial charge in [0.15, 0.2) is 5.75 Å². The van der Waals surface area contributed by atoms with Crippen LogP contribution in [-0.2, 0) is 24.8 Å². The summed E-state index contributed by atoms with van der Waals surface area (Å²) in [5.41, 5.74) is 1.64. The van der Waals surface area contributed by atoms with E-state index in [1.807, 2.05) is 0 Å². The van der Waals surface area contributed by atoms with Crippen molar-refractivity contribution in [2.24, 2.45) is 0 Å². The van der Waals surface area contributed by atoms with Gasteiger partial charge in [-0.15, -0.1) is 0 Å². The van der Waals surface area contributed by atoms with Crippen molar-refractivity contribution in [3.8, 4) is 23.0 Å². The van der Waals surface area contributed by atoms with E-state index in [0.29, 0.717) is 22.8 Å². The van der Waals surface area contributed by atoms with E-state index in [0.717, 1.165) is 12.1 Å². The van der Waals surface area contributed by atoms with E-state index in [-0.39, 0.29) is 36.7 Å². The van der Waals surface area contributed by atoms with Crippen molar-refractivity contribution in [3.05, 3.63) is 103 Å². The summed E-state index contributed by atoms with van der Waals surface area (Å²) < 4.78 is 38.2. The number of rotatable bonds is 13. The number of carbonyl (C=O) groups excluding carboxylic acids is 1. The van der Waals surface area contributed by atoms with Gasteiger partial charge in [-0.2, -0.15) is 8.42 Å². The highest BCUT2D eigenvalue weighted by Gasteiger charge is 2.15. The highest BCUT2D eigenvalue weighted by Crippen LogP contribution is 2.19. The number of carboxylic acids is 3. The Morgan fingerprint density at radius 3 is 1.41 bits per heavy atom. The molecule has 0 radical (unpaired) electrons. The van der Waals surface area contributed by atoms with Crippen LogP contribution in [0.1, 0.15) is 10.4 Å². The van der Waals surface area contributed by atoms with Crippen molar-refractivity contribution in [2.75, 3.05) is 35.6 Å². The minimum Gasteiger partial charge on any atom is -0.508 e. The Morgan fingerprint density at radius 1 is 0.592 bits per heavy atom. The number of carbonyl (C=O) groups is 4. The molecule has 0 fully saturated rings. The molecule has 260 valence electrons. The smallest absolute Gasteiger partial charge is 0.446 e. The Labute approximate surface area is 279 Å². The van der Waals surface area contributed by atoms with E-state index in [2.05, 4.69) is 20.1 Å². The molecule has 0 aliphatic carbocycles. The topological polar surface area (TPSA) is 278 Å². The van der Waals surface area contributed by atoms with E-state index in [1.54, 1.807) is 48.5 Å². The molecule has 0 aliphatic heterocycles. The number of anilines is 3. The summed E-state index contributed by atoms with van der Waals surface area (Å²) in [5.74, 6) is -3.44. The molecule has 0 saturated heterocycles. The lowest BCUT2D eigenvalue weighted by atomic mass is 10.2. The SMILES string of the molecule is O=C(O)CNc1ccc(O)cc1.O=C(O)CNc1ccc(OC(=O)CNc2ccc(O)cc2)cc1.O=C(O)c1ccccc1OS(=O)(=O)O. The number of esters is 1. The maximum atomic E-state index is 11.7. The second-order valence-electron chi connectivity index (χ2n) is 9.25. The normalized spacial score (nSPS) is 10.1. The van der Waals surface area contributed by atoms with Crippen molar-refractivity contribution in [1.82, 2.24) is 0 Å². The highest BCUT2D eigenvalue weighted by molar-refractivity contribution is 7.81. The molecule has 4 aromatic rings. The molecule has 4 rings (SSSR count). The van der Waals surface area contributed by atoms with Crippen molar-refractivity contribution in [1.29, 1.82) is 0 Å². The summed E-state index contributed by atoms with van der Waals surface area (Å²) in [6, 6.07) is 24.0. The Morgan fingerprint density at radius 2 is 1.00 bits per heavy atom. The van der Waals surface area contributed by atoms with Gasteiger partial charge < -0.3 is 50.4 Å². The van der Waals surface area contributed by atoms with Gasteiger partial charge in [-0.3, -0.25) is 14.1 Å². The standard InChI is InChI=1S/C16H16N2O5.C8H9NO3.C7H6O6S/c19-13-5-1-11(2-6-13)18-10-16(22)23-14-7-3-12(4-8-14)17-9-15(20)21;10-7-3-1-6(2-4-7)9-5-8(11)12;8-7(9)5-3-1-2-4-6(5)13-14(10,11)12/h1-8,17-19H,9-10H2,(H,20,21);1-4,9-10H,5H2,(H,11,12);1-4H,(H,8,9)(H,10,11,12). The monoisotopic (exact) mass is 701 g/mol. The number of aromatic carboxylic acids is 1. The molecule has 9 N–H and O–H groups in total. The van der Waals surface area contributed by atoms with Crippen LogP contribution in [0.2, 0.25) is 0 Å². The zero-order chi connectivity index (χ0) is 36.4. The van der Waals surface area contributed by atoms with Gasteiger partial charge in [0.1, 0.15) is 42.4 Å². The van der Waals surface area contributed by atoms with Crippen molar-refractivity contribution in [2.45, 2.75) is 0 Å². The van der Waals surface area contributed by atoms with E-state index in [1.165, 1.54) is 36.4 Å². The average molecular weight is 702 g/mol. The van der Waals surface area contributed by atoms with Gasteiger partial charge in [0.05, 0.1) is 0 Å². The maximum Gasteiger partial charge on any atom is 0.446 e. The van der Waals surface area contributed by atoms with Crippen LogP contribution in [0.5, 0.6) is 23.0 Å². The number of nitrogens with one attached hydrogen (secondary N) is 3. The fraction of sp³-hybridized carbons (Fsp3) is 0.0968. The fourth-order valence-electron chi connectivity index (χ4n) is 3.33. The first kappa shape index (κ1) is 38.7. The zero-order valence-corrected chi connectivity index (χ0v) is 26.0. The Balaban J connectivity index is 0.000000275. The summed E-state index contributed by atoms with van der Waals surface area (Å²) in [6.45, 7) is -0.329. The molecule has 0 amide bonds. The van der Waals surface area contributed by atoms with Crippen LogP contribution in [0.25, 0.3) is 0 Å². The predicted molar refractivity (Wildman–Crippen MR) is 175 cm³/mol. The number of aliphatic carboxylic acids is 2. The Hall–Kier alpha value is -6.53. The van der Waals surface area contributed by atoms with Gasteiger partial charge >= 0.3 is 34.3 Å². The average Bonchev–Trinajstić information content (AvgIpc) is 3.04. The van der Waals surface area contributed by atoms with Crippen molar-refractivity contribution < 1.29 is 66.6 Å². The van der Waals surface area contributed by atoms with Crippen LogP contribution in [0, 0.1) is 0 Å². The highest BCUT2D eigenvalue weighted by atomic mass is 32.3. The van der Waals surface area contributed by atoms with Crippen LogP contribution in [-0.4, -0.2) is 82.0 Å². The molecule has 49 heavy (non-hydrogen) atoms. The van der Waals surface area contributed by atoms with E-state index in [9.17, 15) is 27.6 Å². The summed E-state index contributed by atoms with van der Waals surface area (Å²) in [5, 5.41) is 51.8. The van der Waals surface area contributed by atoms with E-state index < -0.39 is 40.0 Å². The molecule has 4 aromatic carbocycles. The van der Waals surface area contributed by atoms with Gasteiger partial charge in [-0.1, -0.05) is 12.1 Å². The molecular formula is C31H31N3O14S. The number of aromatic hydroxyl groups is 2. The molecule has 0 saturated carbocycles. The largest absolute Gasteiger partial charge is 0.508 e. The minimum atomic E-state index is -4.70. The second-order valence-corrected chi connectivity index (χ2v) is 10.3. The number of benzene rings is 4. The number of phenolic OH excluding ortho intramolecular Hbond substituents is 2. The van der Waals surface area contributed by atoms with Crippen LogP contribution >= 0.6 is 0 Å². The number of carboxylic acid groups (broad SMARTS) is 3. The molecule has 0 bridgehead atoms. The number of hydrogen-bond acceptors (Lipinski definition) is 13. The third-order valence-electron chi connectivity index (χ3n) is 5.46. The molecule has 0 spiro atoms. The third-order valence-corrected chi connectivity index (χ3v) is 5.85. The maximum absolute atomic E-state index is 11.7. The van der Waals surface area contributed by atoms with E-state index in [4.69, 9.17) is 34.8 Å². The first-order valence-corrected chi connectivity index (χ1v) is 15.0. The van der Waals surface area contributed by atoms with Crippen LogP contribution in [0.4, 0.5) is 17.1 Å². The molecule has 0 heterocycles. The lowest BCUT2D eigenvalue weighted by Crippen LogP contribution is -2.19. The molecule has 17 nitrogen and oxygen atoms in total. The van der Waals surface area contributed by atoms with Gasteiger partial charge in [0, 0.05) is 17.1 Å². The third kappa shape index (κ3) is 16.6. The summed E-state index contributed by atoms with van der Waals surface area (Å²) in [6.07, 6.45) is 0. The second kappa shape index (κ2) is 19.2. The fourth-order valence-corrected chi connectivity index (χ4v) is 3.70. The van der Waals surface area contributed by atoms with Crippen LogP contribution in [0.15, 0.2) is 97.1 Å². The van der Waals surface area contributed by atoms with Gasteiger partial charge in [-0.25, -0.2) is 9.59 Å². The molecule has 18 heteroatoms. The van der Waals surface area contributed by atoms with Crippen LogP contribution in [0.3, 0.4) is 0 Å². The molecule has 0 aliphatic rings. The lowest BCUT2D eigenvalue weighted by molar-refractivity contribution is -0.135. The lowest BCUT2D eigenvalue weighted by Gasteiger charge is -2.08. The quantitative estimate of drug-likeness (QED) is 0.0418. The van der Waals surface area contributed by atoms with Gasteiger partial charge in [0.25, 0.3) is 0 Å². The Bertz CT molecular complexity index is 1800. The summed E-state index contributed by atoms with van der Waals surface area (Å²) in [7, 11) is -4.70.